The highest BCUT2D eigenvalue weighted by Crippen LogP contribution is 2.38. The Morgan fingerprint density at radius 3 is 2.88 bits per heavy atom. The quantitative estimate of drug-likeness (QED) is 0.286. The summed E-state index contributed by atoms with van der Waals surface area (Å²) in [5, 5.41) is 12.9. The number of nitrogens with one attached hydrogen (secondary N) is 1. The highest BCUT2D eigenvalue weighted by Gasteiger charge is 2.40. The third-order valence-electron chi connectivity index (χ3n) is 6.56. The number of halogens is 1. The average Bonchev–Trinajstić information content (AvgIpc) is 3.39. The van der Waals surface area contributed by atoms with E-state index in [2.05, 4.69) is 26.7 Å². The van der Waals surface area contributed by atoms with Crippen molar-refractivity contribution in [1.29, 1.82) is 0 Å². The molecule has 3 aromatic rings. The van der Waals surface area contributed by atoms with Gasteiger partial charge >= 0.3 is 0 Å². The van der Waals surface area contributed by atoms with Crippen LogP contribution in [0.2, 0.25) is 5.02 Å². The topological polar surface area (TPSA) is 87.6 Å². The molecule has 0 aliphatic carbocycles. The first kappa shape index (κ1) is 24.4. The Morgan fingerprint density at radius 1 is 1.35 bits per heavy atom. The third-order valence-corrected chi connectivity index (χ3v) is 7.48. The van der Waals surface area contributed by atoms with Gasteiger partial charge < -0.3 is 4.74 Å². The zero-order chi connectivity index (χ0) is 24.0. The van der Waals surface area contributed by atoms with E-state index in [1.54, 1.807) is 18.8 Å². The lowest BCUT2D eigenvalue weighted by molar-refractivity contribution is -0.143. The second-order valence-electron chi connectivity index (χ2n) is 8.49. The van der Waals surface area contributed by atoms with Crippen LogP contribution in [0.25, 0.3) is 10.9 Å². The molecule has 0 bridgehead atoms. The van der Waals surface area contributed by atoms with E-state index in [-0.39, 0.29) is 5.91 Å². The van der Waals surface area contributed by atoms with Gasteiger partial charge in [-0.25, -0.2) is 10.5 Å². The van der Waals surface area contributed by atoms with Crippen LogP contribution in [-0.2, 0) is 11.2 Å². The predicted octanol–water partition coefficient (Wildman–Crippen LogP) is 4.32. The molecule has 0 saturated carbocycles. The number of carbonyl (C=O) groups excluding carboxylic acids is 1. The molecule has 1 aliphatic heterocycles. The van der Waals surface area contributed by atoms with E-state index in [4.69, 9.17) is 16.3 Å². The van der Waals surface area contributed by atoms with Crippen molar-refractivity contribution in [3.63, 3.8) is 0 Å². The molecular weight excluding hydrogens is 472 g/mol. The fourth-order valence-corrected chi connectivity index (χ4v) is 5.28. The number of hydrogen-bond donors (Lipinski definition) is 2. The smallest absolute Gasteiger partial charge is 0.249 e. The van der Waals surface area contributed by atoms with E-state index in [9.17, 15) is 10.0 Å². The van der Waals surface area contributed by atoms with Crippen molar-refractivity contribution in [3.8, 4) is 17.6 Å². The third kappa shape index (κ3) is 5.50. The molecule has 34 heavy (non-hydrogen) atoms. The molecule has 1 aliphatic rings. The first-order valence-electron chi connectivity index (χ1n) is 11.2. The second-order valence-corrected chi connectivity index (χ2v) is 9.62. The number of nitrogens with zero attached hydrogens (tertiary/aromatic N) is 3. The van der Waals surface area contributed by atoms with E-state index in [0.717, 1.165) is 47.4 Å². The first-order valence-corrected chi connectivity index (χ1v) is 12.5. The van der Waals surface area contributed by atoms with E-state index in [1.165, 1.54) is 11.3 Å². The summed E-state index contributed by atoms with van der Waals surface area (Å²) in [6.07, 6.45) is 5.11. The Morgan fingerprint density at radius 2 is 2.18 bits per heavy atom. The highest BCUT2D eigenvalue weighted by molar-refractivity contribution is 7.07. The van der Waals surface area contributed by atoms with Gasteiger partial charge in [0.1, 0.15) is 11.4 Å². The Bertz CT molecular complexity index is 1200. The molecule has 1 saturated heterocycles. The minimum absolute atomic E-state index is 0.312. The van der Waals surface area contributed by atoms with Crippen LogP contribution in [-0.4, -0.2) is 52.7 Å². The number of amides is 1. The lowest BCUT2D eigenvalue weighted by atomic mass is 9.73. The molecule has 0 spiro atoms. The van der Waals surface area contributed by atoms with E-state index >= 15 is 0 Å². The Labute approximate surface area is 208 Å². The maximum absolute atomic E-state index is 12.7. The fourth-order valence-electron chi connectivity index (χ4n) is 4.55. The molecule has 7 nitrogen and oxygen atoms in total. The molecule has 4 rings (SSSR count). The van der Waals surface area contributed by atoms with Crippen molar-refractivity contribution in [2.24, 2.45) is 5.41 Å². The van der Waals surface area contributed by atoms with Crippen molar-refractivity contribution in [2.75, 3.05) is 26.7 Å². The van der Waals surface area contributed by atoms with Gasteiger partial charge in [0.05, 0.1) is 35.1 Å². The number of aromatic nitrogens is 2. The summed E-state index contributed by atoms with van der Waals surface area (Å²) in [5.41, 5.74) is 5.71. The lowest BCUT2D eigenvalue weighted by Crippen LogP contribution is -2.48. The molecule has 0 atom stereocenters. The highest BCUT2D eigenvalue weighted by atomic mass is 35.5. The van der Waals surface area contributed by atoms with E-state index in [1.807, 2.05) is 29.1 Å². The molecule has 9 heteroatoms. The first-order chi connectivity index (χ1) is 16.5. The Balaban J connectivity index is 1.41. The van der Waals surface area contributed by atoms with Crippen molar-refractivity contribution < 1.29 is 14.7 Å². The number of pyridine rings is 1. The summed E-state index contributed by atoms with van der Waals surface area (Å²) in [5.74, 6) is 6.67. The maximum Gasteiger partial charge on any atom is 0.249 e. The van der Waals surface area contributed by atoms with Gasteiger partial charge in [-0.15, -0.1) is 11.3 Å². The number of hydroxylamine groups is 1. The standard InChI is InChI=1S/C25H27ClN4O3S/c1-33-19-6-7-23-21(14-19)20(22(26)15-27-23)5-2-8-25(24(31)29-32)9-12-30(13-10-25)11-3-4-18-16-34-17-28-18/h6-7,14-17,32H,2,5,8-13H2,1H3,(H,29,31). The summed E-state index contributed by atoms with van der Waals surface area (Å²) < 4.78 is 5.37. The molecule has 2 N–H and O–H groups in total. The Kier molecular flexibility index (Phi) is 8.01. The van der Waals surface area contributed by atoms with Crippen LogP contribution in [0.4, 0.5) is 0 Å². The minimum atomic E-state index is -0.611. The number of rotatable bonds is 7. The van der Waals surface area contributed by atoms with Crippen LogP contribution >= 0.6 is 22.9 Å². The molecule has 3 heterocycles. The molecule has 2 aromatic heterocycles. The van der Waals surface area contributed by atoms with Crippen molar-refractivity contribution in [1.82, 2.24) is 20.3 Å². The van der Waals surface area contributed by atoms with Crippen LogP contribution in [0.3, 0.4) is 0 Å². The number of fused-ring (bicyclic) bond motifs is 1. The molecule has 1 amide bonds. The van der Waals surface area contributed by atoms with Gasteiger partial charge in [-0.1, -0.05) is 17.5 Å². The minimum Gasteiger partial charge on any atom is -0.497 e. The van der Waals surface area contributed by atoms with Gasteiger partial charge in [0, 0.05) is 30.1 Å². The van der Waals surface area contributed by atoms with Crippen molar-refractivity contribution >= 4 is 39.7 Å². The SMILES string of the molecule is COc1ccc2ncc(Cl)c(CCCC3(C(=O)NO)CCN(CC#Cc4cscn4)CC3)c2c1. The second kappa shape index (κ2) is 11.2. The number of thiazole rings is 1. The number of benzene rings is 1. The number of carbonyl (C=O) groups is 1. The monoisotopic (exact) mass is 498 g/mol. The zero-order valence-corrected chi connectivity index (χ0v) is 20.6. The lowest BCUT2D eigenvalue weighted by Gasteiger charge is -2.39. The molecule has 178 valence electrons. The van der Waals surface area contributed by atoms with Crippen LogP contribution in [0, 0.1) is 17.3 Å². The zero-order valence-electron chi connectivity index (χ0n) is 19.0. The Hall–Kier alpha value is -2.70. The van der Waals surface area contributed by atoms with Crippen LogP contribution in [0.5, 0.6) is 5.75 Å². The van der Waals surface area contributed by atoms with Crippen molar-refractivity contribution in [3.05, 3.63) is 51.6 Å². The van der Waals surface area contributed by atoms with Gasteiger partial charge in [-0.3, -0.25) is 19.9 Å². The summed E-state index contributed by atoms with van der Waals surface area (Å²) in [7, 11) is 1.63. The van der Waals surface area contributed by atoms with Crippen LogP contribution in [0.1, 0.15) is 36.9 Å². The molecule has 1 fully saturated rings. The summed E-state index contributed by atoms with van der Waals surface area (Å²) in [4.78, 5) is 23.5. The van der Waals surface area contributed by atoms with Gasteiger partial charge in [-0.05, 0) is 61.8 Å². The number of likely N-dealkylation sites (tertiary alicyclic amines) is 1. The number of methoxy groups -OCH3 is 1. The van der Waals surface area contributed by atoms with Crippen LogP contribution < -0.4 is 10.2 Å². The maximum atomic E-state index is 12.7. The van der Waals surface area contributed by atoms with E-state index in [0.29, 0.717) is 37.3 Å². The summed E-state index contributed by atoms with van der Waals surface area (Å²) in [6, 6.07) is 5.75. The molecule has 0 radical (unpaired) electrons. The number of piperidine rings is 1. The largest absolute Gasteiger partial charge is 0.497 e. The predicted molar refractivity (Wildman–Crippen MR) is 133 cm³/mol. The average molecular weight is 499 g/mol. The van der Waals surface area contributed by atoms with Gasteiger partial charge in [-0.2, -0.15) is 0 Å². The molecule has 1 aromatic carbocycles. The number of hydrogen-bond acceptors (Lipinski definition) is 7. The van der Waals surface area contributed by atoms with Gasteiger partial charge in [0.2, 0.25) is 5.91 Å². The van der Waals surface area contributed by atoms with Gasteiger partial charge in [0.15, 0.2) is 0 Å². The van der Waals surface area contributed by atoms with E-state index < -0.39 is 5.41 Å². The normalized spacial score (nSPS) is 15.5. The summed E-state index contributed by atoms with van der Waals surface area (Å²) >= 11 is 8.03. The fraction of sp³-hybridized carbons (Fsp3) is 0.400. The molecular formula is C25H27ClN4O3S. The molecule has 0 unspecified atom stereocenters. The van der Waals surface area contributed by atoms with Gasteiger partial charge in [0.25, 0.3) is 0 Å². The van der Waals surface area contributed by atoms with Crippen LogP contribution in [0.15, 0.2) is 35.3 Å². The summed E-state index contributed by atoms with van der Waals surface area (Å²) in [6.45, 7) is 2.12. The van der Waals surface area contributed by atoms with Crippen molar-refractivity contribution in [2.45, 2.75) is 32.1 Å². The number of ether oxygens (including phenoxy) is 1. The number of aryl methyl sites for hydroxylation is 1.